The fraction of sp³-hybridized carbons (Fsp3) is 0.732. The normalized spacial score (nSPS) is 15.3. The van der Waals surface area contributed by atoms with Crippen LogP contribution in [0.4, 0.5) is 0 Å². The van der Waals surface area contributed by atoms with E-state index in [1.54, 1.807) is 0 Å². The van der Waals surface area contributed by atoms with Crippen molar-refractivity contribution in [2.24, 2.45) is 0 Å². The van der Waals surface area contributed by atoms with Gasteiger partial charge in [0.15, 0.2) is 0 Å². The van der Waals surface area contributed by atoms with Gasteiger partial charge in [0.05, 0.1) is 39.9 Å². The van der Waals surface area contributed by atoms with Crippen molar-refractivity contribution in [2.45, 2.75) is 154 Å². The van der Waals surface area contributed by atoms with Gasteiger partial charge in [-0.1, -0.05) is 139 Å². The number of nitrogens with zero attached hydrogens (tertiary/aromatic N) is 1. The largest absolute Gasteiger partial charge is 0.472 e. The maximum atomic E-state index is 12.7. The molecular formula is C41H76N2O6P+. The van der Waals surface area contributed by atoms with E-state index < -0.39 is 20.0 Å². The quantitative estimate of drug-likeness (QED) is 0.0264. The topological polar surface area (TPSA) is 105 Å². The third kappa shape index (κ3) is 34.6. The lowest BCUT2D eigenvalue weighted by Gasteiger charge is -2.26. The minimum atomic E-state index is -4.29. The number of quaternary nitrogens is 1. The number of nitrogens with one attached hydrogen (secondary N) is 1. The molecule has 3 unspecified atom stereocenters. The van der Waals surface area contributed by atoms with Crippen molar-refractivity contribution < 1.29 is 32.9 Å². The molecule has 9 heteroatoms. The van der Waals surface area contributed by atoms with Crippen molar-refractivity contribution in [3.8, 4) is 0 Å². The number of hydrogen-bond donors (Lipinski definition) is 3. The Balaban J connectivity index is 4.00. The predicted molar refractivity (Wildman–Crippen MR) is 212 cm³/mol. The number of aliphatic hydroxyl groups is 1. The molecule has 0 spiro atoms. The van der Waals surface area contributed by atoms with E-state index in [1.807, 2.05) is 21.1 Å². The molecule has 0 rings (SSSR count). The molecule has 50 heavy (non-hydrogen) atoms. The molecule has 8 nitrogen and oxygen atoms in total. The van der Waals surface area contributed by atoms with Crippen LogP contribution in [0.2, 0.25) is 0 Å². The maximum Gasteiger partial charge on any atom is 0.472 e. The standard InChI is InChI=1S/C41H75N2O6P/c1-6-8-10-11-12-13-14-15-16-17-18-19-20-21-22-23-24-25-26-27-28-29-30-31-33-35-41(45)42-39(40(44)34-32-9-7-2)38-49-50(46,47)48-37-36-43(3,4)5/h8,10,12-13,15-16,18-19,21-22,39-40,44H,6-7,9,11,14,17,20,23-38H2,1-5H3,(H-,42,45,46,47)/p+1/b10-8-,13-12-,16-15-,19-18-,22-21-. The number of unbranched alkanes of at least 4 members (excludes halogenated alkanes) is 11. The van der Waals surface area contributed by atoms with Crippen LogP contribution in [0.3, 0.4) is 0 Å². The van der Waals surface area contributed by atoms with E-state index in [-0.39, 0.29) is 19.1 Å². The Kier molecular flexibility index (Phi) is 31.9. The minimum absolute atomic E-state index is 0.0686. The zero-order valence-electron chi connectivity index (χ0n) is 32.6. The van der Waals surface area contributed by atoms with E-state index in [2.05, 4.69) is 79.9 Å². The highest BCUT2D eigenvalue weighted by Gasteiger charge is 2.28. The summed E-state index contributed by atoms with van der Waals surface area (Å²) < 4.78 is 23.2. The number of allylic oxidation sites excluding steroid dienone is 10. The summed E-state index contributed by atoms with van der Waals surface area (Å²) in [5.41, 5.74) is 0. The molecule has 0 aliphatic carbocycles. The molecule has 3 N–H and O–H groups in total. The van der Waals surface area contributed by atoms with Crippen molar-refractivity contribution >= 4 is 13.7 Å². The summed E-state index contributed by atoms with van der Waals surface area (Å²) in [6.45, 7) is 4.57. The van der Waals surface area contributed by atoms with Crippen LogP contribution in [0, 0.1) is 0 Å². The third-order valence-electron chi connectivity index (χ3n) is 8.28. The molecule has 0 saturated carbocycles. The van der Waals surface area contributed by atoms with Crippen molar-refractivity contribution in [1.29, 1.82) is 0 Å². The molecule has 0 heterocycles. The Hall–Kier alpha value is -1.80. The second-order valence-corrected chi connectivity index (χ2v) is 15.7. The summed E-state index contributed by atoms with van der Waals surface area (Å²) in [7, 11) is 1.59. The van der Waals surface area contributed by atoms with Crippen LogP contribution < -0.4 is 5.32 Å². The molecule has 290 valence electrons. The van der Waals surface area contributed by atoms with Crippen molar-refractivity contribution in [3.63, 3.8) is 0 Å². The van der Waals surface area contributed by atoms with Crippen molar-refractivity contribution in [3.05, 3.63) is 60.8 Å². The van der Waals surface area contributed by atoms with E-state index in [1.165, 1.54) is 38.5 Å². The number of phosphoric acid groups is 1. The zero-order chi connectivity index (χ0) is 37.2. The summed E-state index contributed by atoms with van der Waals surface area (Å²) in [5.74, 6) is -0.167. The van der Waals surface area contributed by atoms with Gasteiger partial charge in [0.25, 0.3) is 0 Å². The number of carbonyl (C=O) groups is 1. The Morgan fingerprint density at radius 1 is 0.700 bits per heavy atom. The van der Waals surface area contributed by atoms with Gasteiger partial charge in [-0.15, -0.1) is 0 Å². The fourth-order valence-electron chi connectivity index (χ4n) is 5.13. The monoisotopic (exact) mass is 724 g/mol. The molecule has 0 aromatic heterocycles. The van der Waals surface area contributed by atoms with Gasteiger partial charge in [-0.2, -0.15) is 0 Å². The smallest absolute Gasteiger partial charge is 0.391 e. The van der Waals surface area contributed by atoms with Gasteiger partial charge in [-0.3, -0.25) is 13.8 Å². The van der Waals surface area contributed by atoms with Crippen molar-refractivity contribution in [2.75, 3.05) is 40.9 Å². The zero-order valence-corrected chi connectivity index (χ0v) is 33.5. The van der Waals surface area contributed by atoms with Crippen LogP contribution in [-0.4, -0.2) is 73.4 Å². The Morgan fingerprint density at radius 3 is 1.72 bits per heavy atom. The van der Waals surface area contributed by atoms with E-state index in [0.29, 0.717) is 23.9 Å². The van der Waals surface area contributed by atoms with Gasteiger partial charge in [-0.05, 0) is 57.8 Å². The van der Waals surface area contributed by atoms with E-state index >= 15 is 0 Å². The molecule has 0 bridgehead atoms. The van der Waals surface area contributed by atoms with Crippen LogP contribution in [0.5, 0.6) is 0 Å². The number of amides is 1. The molecule has 0 aliphatic rings. The summed E-state index contributed by atoms with van der Waals surface area (Å²) in [6.07, 6.45) is 41.8. The molecule has 0 radical (unpaired) electrons. The molecule has 0 fully saturated rings. The van der Waals surface area contributed by atoms with Gasteiger partial charge in [-0.25, -0.2) is 4.57 Å². The number of hydrogen-bond acceptors (Lipinski definition) is 5. The van der Waals surface area contributed by atoms with Gasteiger partial charge < -0.3 is 19.8 Å². The minimum Gasteiger partial charge on any atom is -0.391 e. The van der Waals surface area contributed by atoms with Gasteiger partial charge in [0.1, 0.15) is 13.2 Å². The number of rotatable bonds is 34. The highest BCUT2D eigenvalue weighted by molar-refractivity contribution is 7.47. The molecular weight excluding hydrogens is 647 g/mol. The first kappa shape index (κ1) is 48.2. The highest BCUT2D eigenvalue weighted by atomic mass is 31.2. The predicted octanol–water partition coefficient (Wildman–Crippen LogP) is 10.3. The van der Waals surface area contributed by atoms with Crippen LogP contribution in [0.25, 0.3) is 0 Å². The third-order valence-corrected chi connectivity index (χ3v) is 9.26. The summed E-state index contributed by atoms with van der Waals surface area (Å²) >= 11 is 0. The van der Waals surface area contributed by atoms with E-state index in [9.17, 15) is 19.4 Å². The van der Waals surface area contributed by atoms with Crippen LogP contribution in [0.15, 0.2) is 60.8 Å². The first-order valence-corrected chi connectivity index (χ1v) is 21.1. The molecule has 0 aromatic carbocycles. The number of likely N-dealkylation sites (N-methyl/N-ethyl adjacent to an activating group) is 1. The molecule has 0 aliphatic heterocycles. The highest BCUT2D eigenvalue weighted by Crippen LogP contribution is 2.43. The Morgan fingerprint density at radius 2 is 1.20 bits per heavy atom. The SMILES string of the molecule is CC/C=C\C/C=C\C/C=C\C/C=C\C/C=C\CCCCCCCCCCCC(=O)NC(COP(=O)(O)OCC[N+](C)(C)C)C(O)CCCCC. The lowest BCUT2D eigenvalue weighted by atomic mass is 10.0. The molecule has 3 atom stereocenters. The van der Waals surface area contributed by atoms with Crippen molar-refractivity contribution in [1.82, 2.24) is 5.32 Å². The number of aliphatic hydroxyl groups excluding tert-OH is 1. The van der Waals surface area contributed by atoms with Gasteiger partial charge in [0.2, 0.25) is 5.91 Å². The first-order chi connectivity index (χ1) is 24.0. The van der Waals surface area contributed by atoms with Crippen LogP contribution in [0.1, 0.15) is 142 Å². The Labute approximate surface area is 307 Å². The Bertz CT molecular complexity index is 1000. The molecule has 0 aromatic rings. The second-order valence-electron chi connectivity index (χ2n) is 14.3. The molecule has 1 amide bonds. The van der Waals surface area contributed by atoms with Crippen LogP contribution in [-0.2, 0) is 18.4 Å². The van der Waals surface area contributed by atoms with Gasteiger partial charge >= 0.3 is 7.82 Å². The fourth-order valence-corrected chi connectivity index (χ4v) is 5.86. The second kappa shape index (κ2) is 33.1. The number of phosphoric ester groups is 1. The summed E-state index contributed by atoms with van der Waals surface area (Å²) in [6, 6.07) is -0.761. The number of carbonyl (C=O) groups excluding carboxylic acids is 1. The average Bonchev–Trinajstić information content (AvgIpc) is 3.06. The van der Waals surface area contributed by atoms with E-state index in [0.717, 1.165) is 77.0 Å². The summed E-state index contributed by atoms with van der Waals surface area (Å²) in [4.78, 5) is 22.8. The lowest BCUT2D eigenvalue weighted by molar-refractivity contribution is -0.870. The lowest BCUT2D eigenvalue weighted by Crippen LogP contribution is -2.46. The maximum absolute atomic E-state index is 12.7. The average molecular weight is 724 g/mol. The summed E-state index contributed by atoms with van der Waals surface area (Å²) in [5, 5.41) is 13.6. The van der Waals surface area contributed by atoms with E-state index in [4.69, 9.17) is 9.05 Å². The van der Waals surface area contributed by atoms with Gasteiger partial charge in [0, 0.05) is 6.42 Å². The first-order valence-electron chi connectivity index (χ1n) is 19.7. The van der Waals surface area contributed by atoms with Crippen LogP contribution >= 0.6 is 7.82 Å². The molecule has 0 saturated heterocycles.